The highest BCUT2D eigenvalue weighted by molar-refractivity contribution is 6.30. The molecule has 5 aromatic rings. The number of nitrogens with zero attached hydrogens (tertiary/aromatic N) is 1. The van der Waals surface area contributed by atoms with E-state index in [2.05, 4.69) is 4.98 Å². The molecule has 0 radical (unpaired) electrons. The van der Waals surface area contributed by atoms with Crippen molar-refractivity contribution < 1.29 is 19.1 Å². The van der Waals surface area contributed by atoms with Crippen LogP contribution in [0.3, 0.4) is 0 Å². The molecule has 0 fully saturated rings. The van der Waals surface area contributed by atoms with Crippen LogP contribution in [-0.4, -0.2) is 28.8 Å². The minimum Gasteiger partial charge on any atom is -0.487 e. The summed E-state index contributed by atoms with van der Waals surface area (Å²) in [6.07, 6.45) is 0.820. The quantitative estimate of drug-likeness (QED) is 0.136. The Morgan fingerprint density at radius 2 is 1.63 bits per heavy atom. The average molecular weight is 597 g/mol. The number of halogens is 1. The molecule has 0 aliphatic rings. The number of H-pyrrole nitrogens is 1. The van der Waals surface area contributed by atoms with Crippen LogP contribution in [0.2, 0.25) is 5.02 Å². The second-order valence-electron chi connectivity index (χ2n) is 12.7. The van der Waals surface area contributed by atoms with Crippen LogP contribution < -0.4 is 4.74 Å². The molecule has 7 heteroatoms. The first-order valence-electron chi connectivity index (χ1n) is 14.4. The number of pyridine rings is 1. The lowest BCUT2D eigenvalue weighted by Gasteiger charge is -2.23. The zero-order valence-electron chi connectivity index (χ0n) is 25.5. The van der Waals surface area contributed by atoms with Crippen molar-refractivity contribution in [2.45, 2.75) is 54.1 Å². The van der Waals surface area contributed by atoms with E-state index in [0.29, 0.717) is 34.9 Å². The number of Topliss-reactive ketones (excluding diaryl/α,β-unsaturated/α-hetero) is 1. The number of aromatic amines is 1. The van der Waals surface area contributed by atoms with Crippen LogP contribution in [0.4, 0.5) is 0 Å². The average Bonchev–Trinajstić information content (AvgIpc) is 3.33. The van der Waals surface area contributed by atoms with Gasteiger partial charge in [-0.2, -0.15) is 0 Å². The highest BCUT2D eigenvalue weighted by atomic mass is 35.5. The first-order chi connectivity index (χ1) is 20.4. The first-order valence-corrected chi connectivity index (χ1v) is 14.8. The molecule has 3 aromatic carbocycles. The molecule has 0 aliphatic heterocycles. The molecule has 0 unspecified atom stereocenters. The van der Waals surface area contributed by atoms with Gasteiger partial charge in [-0.05, 0) is 55.8 Å². The summed E-state index contributed by atoms with van der Waals surface area (Å²) < 4.78 is 11.6. The van der Waals surface area contributed by atoms with Crippen LogP contribution in [-0.2, 0) is 29.0 Å². The molecular weight excluding hydrogens is 560 g/mol. The van der Waals surface area contributed by atoms with Crippen LogP contribution in [0.15, 0.2) is 72.8 Å². The van der Waals surface area contributed by atoms with E-state index < -0.39 is 10.8 Å². The van der Waals surface area contributed by atoms with Gasteiger partial charge in [0.2, 0.25) is 0 Å². The van der Waals surface area contributed by atoms with Gasteiger partial charge >= 0.3 is 5.97 Å². The van der Waals surface area contributed by atoms with E-state index in [9.17, 15) is 9.59 Å². The van der Waals surface area contributed by atoms with E-state index in [0.717, 1.165) is 38.6 Å². The third-order valence-corrected chi connectivity index (χ3v) is 7.95. The van der Waals surface area contributed by atoms with Gasteiger partial charge in [0.05, 0.1) is 23.7 Å². The number of benzene rings is 3. The molecule has 0 saturated heterocycles. The normalized spacial score (nSPS) is 12.1. The molecular formula is C36H37ClN2O4. The smallest absolute Gasteiger partial charge is 0.311 e. The molecule has 0 aliphatic carbocycles. The Labute approximate surface area is 257 Å². The fourth-order valence-corrected chi connectivity index (χ4v) is 5.53. The monoisotopic (exact) mass is 596 g/mol. The minimum absolute atomic E-state index is 0.0138. The largest absolute Gasteiger partial charge is 0.487 e. The van der Waals surface area contributed by atoms with Gasteiger partial charge in [0.1, 0.15) is 12.4 Å². The van der Waals surface area contributed by atoms with Gasteiger partial charge in [-0.1, -0.05) is 68.8 Å². The van der Waals surface area contributed by atoms with Crippen molar-refractivity contribution in [2.24, 2.45) is 10.8 Å². The topological polar surface area (TPSA) is 81.3 Å². The van der Waals surface area contributed by atoms with Crippen molar-refractivity contribution >= 4 is 45.2 Å². The van der Waals surface area contributed by atoms with Crippen LogP contribution in [0.25, 0.3) is 21.8 Å². The number of ether oxygens (including phenoxy) is 2. The predicted molar refractivity (Wildman–Crippen MR) is 172 cm³/mol. The Kier molecular flexibility index (Phi) is 8.35. The minimum atomic E-state index is -0.847. The number of nitrogens with one attached hydrogen (secondary N) is 1. The summed E-state index contributed by atoms with van der Waals surface area (Å²) in [5.74, 6) is 0.312. The third-order valence-electron chi connectivity index (χ3n) is 7.70. The Balaban J connectivity index is 1.66. The first kappa shape index (κ1) is 30.3. The van der Waals surface area contributed by atoms with Crippen LogP contribution in [0, 0.1) is 10.8 Å². The maximum absolute atomic E-state index is 14.1. The maximum atomic E-state index is 14.1. The van der Waals surface area contributed by atoms with Crippen molar-refractivity contribution in [3.8, 4) is 5.75 Å². The third kappa shape index (κ3) is 6.45. The molecule has 0 spiro atoms. The number of carbonyl (C=O) groups is 2. The number of para-hydroxylation sites is 1. The number of hydrogen-bond donors (Lipinski definition) is 1. The Morgan fingerprint density at radius 1 is 0.907 bits per heavy atom. The Hall–Kier alpha value is -4.16. The summed E-state index contributed by atoms with van der Waals surface area (Å²) in [6.45, 7) is 9.65. The second-order valence-corrected chi connectivity index (χ2v) is 13.1. The van der Waals surface area contributed by atoms with Gasteiger partial charge in [0.25, 0.3) is 0 Å². The molecule has 2 aromatic heterocycles. The molecule has 6 nitrogen and oxygen atoms in total. The molecule has 1 N–H and O–H groups in total. The lowest BCUT2D eigenvalue weighted by molar-refractivity contribution is -0.150. The number of carbonyl (C=O) groups excluding carboxylic acids is 2. The van der Waals surface area contributed by atoms with Gasteiger partial charge in [-0.3, -0.25) is 9.59 Å². The van der Waals surface area contributed by atoms with Crippen molar-refractivity contribution in [1.82, 2.24) is 9.97 Å². The zero-order valence-corrected chi connectivity index (χ0v) is 26.3. The molecule has 0 bridgehead atoms. The molecule has 5 rings (SSSR count). The number of methoxy groups -OCH3 is 1. The molecule has 0 atom stereocenters. The highest BCUT2D eigenvalue weighted by Gasteiger charge is 2.35. The fraction of sp³-hybridized carbons (Fsp3) is 0.306. The fourth-order valence-electron chi connectivity index (χ4n) is 5.40. The maximum Gasteiger partial charge on any atom is 0.311 e. The van der Waals surface area contributed by atoms with Gasteiger partial charge in [-0.25, -0.2) is 4.98 Å². The van der Waals surface area contributed by atoms with E-state index in [1.54, 1.807) is 0 Å². The van der Waals surface area contributed by atoms with E-state index in [1.807, 2.05) is 107 Å². The van der Waals surface area contributed by atoms with Crippen molar-refractivity contribution in [1.29, 1.82) is 0 Å². The summed E-state index contributed by atoms with van der Waals surface area (Å²) >= 11 is 6.20. The summed E-state index contributed by atoms with van der Waals surface area (Å²) in [6, 6.07) is 23.6. The molecule has 222 valence electrons. The molecule has 0 saturated carbocycles. The standard InChI is InChI=1S/C36H37ClN2O4/c1-35(2,3)33(40)32-29(20-36(4,5)34(41)42-6)39-28-17-18-30(26(31(28)32)19-22-11-14-24(37)15-12-22)43-21-25-16-13-23-9-7-8-10-27(23)38-25/h7-18,39H,19-21H2,1-6H3. The summed E-state index contributed by atoms with van der Waals surface area (Å²) in [5.41, 5.74) is 4.20. The van der Waals surface area contributed by atoms with Crippen molar-refractivity contribution in [2.75, 3.05) is 7.11 Å². The number of esters is 1. The molecule has 43 heavy (non-hydrogen) atoms. The number of fused-ring (bicyclic) bond motifs is 2. The van der Waals surface area contributed by atoms with E-state index in [4.69, 9.17) is 26.1 Å². The van der Waals surface area contributed by atoms with E-state index >= 15 is 0 Å². The van der Waals surface area contributed by atoms with Crippen LogP contribution >= 0.6 is 11.6 Å². The van der Waals surface area contributed by atoms with E-state index in [1.165, 1.54) is 7.11 Å². The number of rotatable bonds is 9. The van der Waals surface area contributed by atoms with Crippen molar-refractivity contribution in [3.05, 3.63) is 106 Å². The highest BCUT2D eigenvalue weighted by Crippen LogP contribution is 2.39. The van der Waals surface area contributed by atoms with Gasteiger partial charge in [-0.15, -0.1) is 0 Å². The van der Waals surface area contributed by atoms with Crippen LogP contribution in [0.5, 0.6) is 5.75 Å². The number of ketones is 1. The zero-order chi connectivity index (χ0) is 30.9. The van der Waals surface area contributed by atoms with E-state index in [-0.39, 0.29) is 18.4 Å². The predicted octanol–water partition coefficient (Wildman–Crippen LogP) is 8.51. The van der Waals surface area contributed by atoms with Crippen molar-refractivity contribution in [3.63, 3.8) is 0 Å². The Morgan fingerprint density at radius 3 is 2.33 bits per heavy atom. The number of hydrogen-bond acceptors (Lipinski definition) is 5. The summed E-state index contributed by atoms with van der Waals surface area (Å²) in [5, 5.41) is 2.52. The molecule has 0 amide bonds. The number of aromatic nitrogens is 2. The molecule has 2 heterocycles. The van der Waals surface area contributed by atoms with Gasteiger partial charge in [0.15, 0.2) is 5.78 Å². The SMILES string of the molecule is COC(=O)C(C)(C)Cc1[nH]c2ccc(OCc3ccc4ccccc4n3)c(Cc3ccc(Cl)cc3)c2c1C(=O)C(C)(C)C. The lowest BCUT2D eigenvalue weighted by atomic mass is 9.80. The second kappa shape index (κ2) is 11.8. The lowest BCUT2D eigenvalue weighted by Crippen LogP contribution is -2.29. The summed E-state index contributed by atoms with van der Waals surface area (Å²) in [4.78, 5) is 35.1. The van der Waals surface area contributed by atoms with Gasteiger partial charge < -0.3 is 14.5 Å². The van der Waals surface area contributed by atoms with Crippen LogP contribution in [0.1, 0.15) is 67.5 Å². The summed E-state index contributed by atoms with van der Waals surface area (Å²) in [7, 11) is 1.38. The Bertz CT molecular complexity index is 1810. The van der Waals surface area contributed by atoms with Gasteiger partial charge in [0, 0.05) is 56.4 Å².